The number of rotatable bonds is 6. The highest BCUT2D eigenvalue weighted by Crippen LogP contribution is 1.91. The molecule has 1 aromatic rings. The molecule has 1 rings (SSSR count). The summed E-state index contributed by atoms with van der Waals surface area (Å²) < 4.78 is 0. The van der Waals surface area contributed by atoms with Gasteiger partial charge in [-0.15, -0.1) is 24.8 Å². The van der Waals surface area contributed by atoms with Crippen LogP contribution in [0.3, 0.4) is 0 Å². The first-order valence-electron chi connectivity index (χ1n) is 5.24. The zero-order valence-electron chi connectivity index (χ0n) is 9.81. The third-order valence-corrected chi connectivity index (χ3v) is 1.91. The minimum absolute atomic E-state index is 0. The minimum Gasteiger partial charge on any atom is -0.349 e. The standard InChI is InChI=1S/C11H17N3O.2ClH/c1-2-6-12-8-9-14-11(15)10-5-3-4-7-13-10;;/h3-5,7,12H,2,6,8-9H2,1H3,(H,14,15);2*1H. The maximum Gasteiger partial charge on any atom is 0.269 e. The molecule has 0 aliphatic carbocycles. The Kier molecular flexibility index (Phi) is 12.7. The number of carbonyl (C=O) groups excluding carboxylic acids is 1. The highest BCUT2D eigenvalue weighted by atomic mass is 35.5. The van der Waals surface area contributed by atoms with E-state index in [9.17, 15) is 4.79 Å². The fraction of sp³-hybridized carbons (Fsp3) is 0.455. The second kappa shape index (κ2) is 11.6. The molecule has 1 amide bonds. The lowest BCUT2D eigenvalue weighted by Crippen LogP contribution is -2.32. The Morgan fingerprint density at radius 3 is 2.59 bits per heavy atom. The molecule has 98 valence electrons. The van der Waals surface area contributed by atoms with Crippen molar-refractivity contribution < 1.29 is 4.79 Å². The van der Waals surface area contributed by atoms with Crippen LogP contribution in [0.1, 0.15) is 23.8 Å². The van der Waals surface area contributed by atoms with Crippen LogP contribution in [0.2, 0.25) is 0 Å². The van der Waals surface area contributed by atoms with Gasteiger partial charge in [-0.1, -0.05) is 13.0 Å². The monoisotopic (exact) mass is 279 g/mol. The number of nitrogens with zero attached hydrogens (tertiary/aromatic N) is 1. The molecule has 17 heavy (non-hydrogen) atoms. The predicted molar refractivity (Wildman–Crippen MR) is 74.2 cm³/mol. The van der Waals surface area contributed by atoms with Gasteiger partial charge in [0.2, 0.25) is 0 Å². The van der Waals surface area contributed by atoms with E-state index in [-0.39, 0.29) is 30.7 Å². The number of hydrogen-bond acceptors (Lipinski definition) is 3. The third-order valence-electron chi connectivity index (χ3n) is 1.91. The first-order valence-corrected chi connectivity index (χ1v) is 5.24. The number of aromatic nitrogens is 1. The number of nitrogens with one attached hydrogen (secondary N) is 2. The normalized spacial score (nSPS) is 8.76. The van der Waals surface area contributed by atoms with Gasteiger partial charge in [0.15, 0.2) is 0 Å². The molecule has 0 spiro atoms. The molecule has 0 atom stereocenters. The Balaban J connectivity index is 0. The fourth-order valence-corrected chi connectivity index (χ4v) is 1.15. The molecular weight excluding hydrogens is 261 g/mol. The molecule has 1 aromatic heterocycles. The highest BCUT2D eigenvalue weighted by Gasteiger charge is 2.03. The van der Waals surface area contributed by atoms with E-state index in [2.05, 4.69) is 22.5 Å². The summed E-state index contributed by atoms with van der Waals surface area (Å²) in [5.74, 6) is -0.117. The fourth-order valence-electron chi connectivity index (χ4n) is 1.15. The molecule has 2 N–H and O–H groups in total. The molecule has 0 aromatic carbocycles. The number of pyridine rings is 1. The lowest BCUT2D eigenvalue weighted by atomic mass is 10.3. The number of halogens is 2. The van der Waals surface area contributed by atoms with E-state index < -0.39 is 0 Å². The van der Waals surface area contributed by atoms with Gasteiger partial charge < -0.3 is 10.6 Å². The molecule has 0 saturated carbocycles. The van der Waals surface area contributed by atoms with E-state index in [1.165, 1.54) is 0 Å². The Bertz CT molecular complexity index is 296. The summed E-state index contributed by atoms with van der Waals surface area (Å²) in [5.41, 5.74) is 0.466. The average Bonchev–Trinajstić information content (AvgIpc) is 2.30. The predicted octanol–water partition coefficient (Wildman–Crippen LogP) is 1.65. The quantitative estimate of drug-likeness (QED) is 0.779. The maximum atomic E-state index is 11.5. The van der Waals surface area contributed by atoms with Crippen molar-refractivity contribution in [3.63, 3.8) is 0 Å². The van der Waals surface area contributed by atoms with Gasteiger partial charge in [-0.2, -0.15) is 0 Å². The summed E-state index contributed by atoms with van der Waals surface area (Å²) in [5, 5.41) is 6.00. The van der Waals surface area contributed by atoms with Gasteiger partial charge in [-0.25, -0.2) is 0 Å². The first-order chi connectivity index (χ1) is 7.34. The molecule has 0 bridgehead atoms. The van der Waals surface area contributed by atoms with Crippen LogP contribution in [0, 0.1) is 0 Å². The first kappa shape index (κ1) is 18.5. The van der Waals surface area contributed by atoms with Crippen LogP contribution in [-0.4, -0.2) is 30.5 Å². The van der Waals surface area contributed by atoms with Crippen molar-refractivity contribution in [2.75, 3.05) is 19.6 Å². The largest absolute Gasteiger partial charge is 0.349 e. The van der Waals surface area contributed by atoms with Gasteiger partial charge >= 0.3 is 0 Å². The molecular formula is C11H19Cl2N3O. The van der Waals surface area contributed by atoms with E-state index in [0.717, 1.165) is 19.5 Å². The SMILES string of the molecule is CCCNCCNC(=O)c1ccccn1.Cl.Cl. The van der Waals surface area contributed by atoms with Crippen molar-refractivity contribution in [2.45, 2.75) is 13.3 Å². The highest BCUT2D eigenvalue weighted by molar-refractivity contribution is 5.92. The number of amides is 1. The van der Waals surface area contributed by atoms with Crippen LogP contribution in [-0.2, 0) is 0 Å². The van der Waals surface area contributed by atoms with E-state index in [1.54, 1.807) is 24.4 Å². The van der Waals surface area contributed by atoms with E-state index in [4.69, 9.17) is 0 Å². The van der Waals surface area contributed by atoms with Crippen molar-refractivity contribution in [3.8, 4) is 0 Å². The molecule has 0 saturated heterocycles. The summed E-state index contributed by atoms with van der Waals surface area (Å²) in [4.78, 5) is 15.4. The van der Waals surface area contributed by atoms with Crippen molar-refractivity contribution in [2.24, 2.45) is 0 Å². The van der Waals surface area contributed by atoms with Gasteiger partial charge in [0.05, 0.1) is 0 Å². The van der Waals surface area contributed by atoms with Crippen molar-refractivity contribution in [1.82, 2.24) is 15.6 Å². The summed E-state index contributed by atoms with van der Waals surface area (Å²) in [7, 11) is 0. The van der Waals surface area contributed by atoms with E-state index in [1.807, 2.05) is 0 Å². The number of carbonyl (C=O) groups is 1. The maximum absolute atomic E-state index is 11.5. The molecule has 4 nitrogen and oxygen atoms in total. The van der Waals surface area contributed by atoms with Gasteiger partial charge in [0.25, 0.3) is 5.91 Å². The van der Waals surface area contributed by atoms with Crippen molar-refractivity contribution in [1.29, 1.82) is 0 Å². The van der Waals surface area contributed by atoms with Gasteiger partial charge in [0, 0.05) is 19.3 Å². The van der Waals surface area contributed by atoms with Gasteiger partial charge in [-0.05, 0) is 25.1 Å². The van der Waals surface area contributed by atoms with Crippen LogP contribution >= 0.6 is 24.8 Å². The van der Waals surface area contributed by atoms with Gasteiger partial charge in [-0.3, -0.25) is 9.78 Å². The van der Waals surface area contributed by atoms with E-state index in [0.29, 0.717) is 12.2 Å². The second-order valence-electron chi connectivity index (χ2n) is 3.22. The zero-order chi connectivity index (χ0) is 10.9. The summed E-state index contributed by atoms with van der Waals surface area (Å²) in [6.45, 7) is 4.53. The van der Waals surface area contributed by atoms with E-state index >= 15 is 0 Å². The summed E-state index contributed by atoms with van der Waals surface area (Å²) in [6, 6.07) is 5.30. The average molecular weight is 280 g/mol. The van der Waals surface area contributed by atoms with Crippen LogP contribution < -0.4 is 10.6 Å². The van der Waals surface area contributed by atoms with Crippen LogP contribution in [0.4, 0.5) is 0 Å². The number of hydrogen-bond donors (Lipinski definition) is 2. The molecule has 0 aliphatic heterocycles. The second-order valence-corrected chi connectivity index (χ2v) is 3.22. The topological polar surface area (TPSA) is 54.0 Å². The Morgan fingerprint density at radius 1 is 1.24 bits per heavy atom. The third kappa shape index (κ3) is 7.96. The Hall–Kier alpha value is -0.840. The Morgan fingerprint density at radius 2 is 2.00 bits per heavy atom. The van der Waals surface area contributed by atoms with Gasteiger partial charge in [0.1, 0.15) is 5.69 Å². The molecule has 1 heterocycles. The molecule has 0 fully saturated rings. The van der Waals surface area contributed by atoms with Crippen LogP contribution in [0.15, 0.2) is 24.4 Å². The Labute approximate surface area is 114 Å². The van der Waals surface area contributed by atoms with Crippen molar-refractivity contribution >= 4 is 30.7 Å². The zero-order valence-corrected chi connectivity index (χ0v) is 11.4. The lowest BCUT2D eigenvalue weighted by Gasteiger charge is -2.05. The summed E-state index contributed by atoms with van der Waals surface area (Å²) >= 11 is 0. The molecule has 0 aliphatic rings. The molecule has 6 heteroatoms. The molecule has 0 radical (unpaired) electrons. The summed E-state index contributed by atoms with van der Waals surface area (Å²) in [6.07, 6.45) is 2.72. The molecule has 0 unspecified atom stereocenters. The lowest BCUT2D eigenvalue weighted by molar-refractivity contribution is 0.0949. The smallest absolute Gasteiger partial charge is 0.269 e. The van der Waals surface area contributed by atoms with Crippen LogP contribution in [0.25, 0.3) is 0 Å². The van der Waals surface area contributed by atoms with Crippen molar-refractivity contribution in [3.05, 3.63) is 30.1 Å². The van der Waals surface area contributed by atoms with Crippen LogP contribution in [0.5, 0.6) is 0 Å². The minimum atomic E-state index is -0.117.